The molecule has 1 saturated heterocycles. The number of ether oxygens (including phenoxy) is 3. The smallest absolute Gasteiger partial charge is 0.256 e. The van der Waals surface area contributed by atoms with Crippen LogP contribution in [0, 0.1) is 6.92 Å². The predicted octanol–water partition coefficient (Wildman–Crippen LogP) is 6.70. The SMILES string of the molecule is CCN1C(=O)c2cc(OC)c(OCCCN3CCN(CCCOc4ccc(-c5nc6ccc(C)cc6s5)cc4)CC3)cc2N=C[C@@H]1C. The first kappa shape index (κ1) is 32.9. The summed E-state index contributed by atoms with van der Waals surface area (Å²) in [6.07, 6.45) is 3.73. The molecule has 2 aliphatic heterocycles. The maximum Gasteiger partial charge on any atom is 0.256 e. The molecule has 47 heavy (non-hydrogen) atoms. The lowest BCUT2D eigenvalue weighted by molar-refractivity contribution is 0.0750. The van der Waals surface area contributed by atoms with Gasteiger partial charge in [-0.25, -0.2) is 4.98 Å². The Bertz CT molecular complexity index is 1700. The number of fused-ring (bicyclic) bond motifs is 2. The van der Waals surface area contributed by atoms with Crippen molar-refractivity contribution in [1.82, 2.24) is 19.7 Å². The third kappa shape index (κ3) is 7.94. The summed E-state index contributed by atoms with van der Waals surface area (Å²) in [4.78, 5) is 29.3. The van der Waals surface area contributed by atoms with Gasteiger partial charge in [-0.2, -0.15) is 0 Å². The summed E-state index contributed by atoms with van der Waals surface area (Å²) in [6.45, 7) is 14.2. The molecule has 1 amide bonds. The maximum absolute atomic E-state index is 13.1. The number of piperazine rings is 1. The van der Waals surface area contributed by atoms with E-state index in [2.05, 4.69) is 52.0 Å². The molecule has 248 valence electrons. The molecule has 3 heterocycles. The molecule has 9 nitrogen and oxygen atoms in total. The van der Waals surface area contributed by atoms with Gasteiger partial charge in [-0.05, 0) is 81.6 Å². The van der Waals surface area contributed by atoms with Gasteiger partial charge in [0.1, 0.15) is 10.8 Å². The fraction of sp³-hybridized carbons (Fsp3) is 0.432. The fourth-order valence-corrected chi connectivity index (χ4v) is 7.24. The van der Waals surface area contributed by atoms with E-state index < -0.39 is 0 Å². The summed E-state index contributed by atoms with van der Waals surface area (Å²) in [5, 5.41) is 1.04. The van der Waals surface area contributed by atoms with Gasteiger partial charge in [0.15, 0.2) is 11.5 Å². The van der Waals surface area contributed by atoms with Crippen molar-refractivity contribution in [2.75, 3.05) is 66.1 Å². The number of aryl methyl sites for hydroxylation is 1. The molecule has 0 N–H and O–H groups in total. The van der Waals surface area contributed by atoms with Gasteiger partial charge in [0, 0.05) is 63.7 Å². The largest absolute Gasteiger partial charge is 0.494 e. The van der Waals surface area contributed by atoms with E-state index in [-0.39, 0.29) is 11.9 Å². The number of benzene rings is 3. The van der Waals surface area contributed by atoms with Gasteiger partial charge in [-0.1, -0.05) is 6.07 Å². The first-order valence-electron chi connectivity index (χ1n) is 16.7. The van der Waals surface area contributed by atoms with Crippen molar-refractivity contribution in [2.24, 2.45) is 4.99 Å². The number of aliphatic imine (C=N–C) groups is 1. The van der Waals surface area contributed by atoms with Crippen LogP contribution in [0.4, 0.5) is 5.69 Å². The highest BCUT2D eigenvalue weighted by atomic mass is 32.1. The molecule has 1 atom stereocenters. The van der Waals surface area contributed by atoms with E-state index in [4.69, 9.17) is 19.2 Å². The summed E-state index contributed by atoms with van der Waals surface area (Å²) in [6, 6.07) is 18.2. The summed E-state index contributed by atoms with van der Waals surface area (Å²) >= 11 is 1.73. The minimum absolute atomic E-state index is 0.0363. The first-order valence-corrected chi connectivity index (χ1v) is 17.5. The highest BCUT2D eigenvalue weighted by Crippen LogP contribution is 2.37. The lowest BCUT2D eigenvalue weighted by Gasteiger charge is -2.34. The van der Waals surface area contributed by atoms with Gasteiger partial charge >= 0.3 is 0 Å². The predicted molar refractivity (Wildman–Crippen MR) is 190 cm³/mol. The van der Waals surface area contributed by atoms with Crippen molar-refractivity contribution < 1.29 is 19.0 Å². The average Bonchev–Trinajstić information content (AvgIpc) is 3.47. The molecule has 6 rings (SSSR count). The third-order valence-electron chi connectivity index (χ3n) is 8.91. The number of amides is 1. The molecule has 0 aliphatic carbocycles. The van der Waals surface area contributed by atoms with E-state index in [0.717, 1.165) is 73.9 Å². The molecule has 2 aliphatic rings. The van der Waals surface area contributed by atoms with Gasteiger partial charge in [-0.15, -0.1) is 11.3 Å². The van der Waals surface area contributed by atoms with Gasteiger partial charge in [0.25, 0.3) is 5.91 Å². The number of carbonyl (C=O) groups is 1. The molecule has 0 bridgehead atoms. The summed E-state index contributed by atoms with van der Waals surface area (Å²) in [5.41, 5.74) is 4.61. The highest BCUT2D eigenvalue weighted by Gasteiger charge is 2.26. The average molecular weight is 656 g/mol. The topological polar surface area (TPSA) is 79.7 Å². The monoisotopic (exact) mass is 655 g/mol. The number of aromatic nitrogens is 1. The summed E-state index contributed by atoms with van der Waals surface area (Å²) in [7, 11) is 1.61. The summed E-state index contributed by atoms with van der Waals surface area (Å²) in [5.74, 6) is 2.05. The van der Waals surface area contributed by atoms with Crippen molar-refractivity contribution in [3.05, 3.63) is 65.7 Å². The van der Waals surface area contributed by atoms with Crippen LogP contribution in [-0.4, -0.2) is 104 Å². The Morgan fingerprint density at radius 3 is 2.28 bits per heavy atom. The molecule has 1 aromatic heterocycles. The Morgan fingerprint density at radius 1 is 0.894 bits per heavy atom. The lowest BCUT2D eigenvalue weighted by atomic mass is 10.1. The fourth-order valence-electron chi connectivity index (χ4n) is 6.17. The Labute approximate surface area is 281 Å². The molecule has 0 spiro atoms. The van der Waals surface area contributed by atoms with Crippen LogP contribution in [-0.2, 0) is 0 Å². The number of hydrogen-bond donors (Lipinski definition) is 0. The zero-order valence-corrected chi connectivity index (χ0v) is 28.7. The number of carbonyl (C=O) groups excluding carboxylic acids is 1. The van der Waals surface area contributed by atoms with Crippen molar-refractivity contribution in [3.63, 3.8) is 0 Å². The Hall–Kier alpha value is -3.99. The van der Waals surface area contributed by atoms with E-state index >= 15 is 0 Å². The van der Waals surface area contributed by atoms with Crippen LogP contribution in [0.25, 0.3) is 20.8 Å². The molecule has 0 saturated carbocycles. The molecule has 1 fully saturated rings. The molecule has 10 heteroatoms. The molecular weight excluding hydrogens is 611 g/mol. The molecule has 3 aromatic carbocycles. The highest BCUT2D eigenvalue weighted by molar-refractivity contribution is 7.21. The maximum atomic E-state index is 13.1. The number of rotatable bonds is 13. The van der Waals surface area contributed by atoms with Gasteiger partial charge in [0.05, 0.1) is 47.8 Å². The van der Waals surface area contributed by atoms with Crippen LogP contribution in [0.3, 0.4) is 0 Å². The van der Waals surface area contributed by atoms with Crippen LogP contribution < -0.4 is 14.2 Å². The number of hydrogen-bond acceptors (Lipinski definition) is 9. The van der Waals surface area contributed by atoms with Crippen LogP contribution in [0.5, 0.6) is 17.2 Å². The molecule has 0 radical (unpaired) electrons. The molecular formula is C37H45N5O4S. The van der Waals surface area contributed by atoms with Crippen LogP contribution in [0.1, 0.15) is 42.6 Å². The Balaban J connectivity index is 0.883. The van der Waals surface area contributed by atoms with E-state index in [0.29, 0.717) is 42.5 Å². The second-order valence-electron chi connectivity index (χ2n) is 12.2. The van der Waals surface area contributed by atoms with E-state index in [1.54, 1.807) is 29.4 Å². The molecule has 0 unspecified atom stereocenters. The Kier molecular flexibility index (Phi) is 10.7. The number of nitrogens with zero attached hydrogens (tertiary/aromatic N) is 5. The molecule has 4 aromatic rings. The first-order chi connectivity index (χ1) is 22.9. The van der Waals surface area contributed by atoms with Gasteiger partial charge in [-0.3, -0.25) is 9.79 Å². The number of methoxy groups -OCH3 is 1. The van der Waals surface area contributed by atoms with Crippen molar-refractivity contribution in [1.29, 1.82) is 0 Å². The number of thiazole rings is 1. The zero-order valence-electron chi connectivity index (χ0n) is 27.9. The van der Waals surface area contributed by atoms with Crippen molar-refractivity contribution in [3.8, 4) is 27.8 Å². The van der Waals surface area contributed by atoms with Crippen molar-refractivity contribution in [2.45, 2.75) is 39.7 Å². The Morgan fingerprint density at radius 2 is 1.60 bits per heavy atom. The minimum atomic E-state index is -0.0614. The normalized spacial score (nSPS) is 17.1. The lowest BCUT2D eigenvalue weighted by Crippen LogP contribution is -2.47. The standard InChI is InChI=1S/C37H45N5O4S/c1-5-42-27(3)25-38-32-24-34(33(44-4)23-30(32)37(42)43)46-21-7-15-41-18-16-40(17-19-41)14-6-20-45-29-11-9-28(10-12-29)36-39-31-13-8-26(2)22-35(31)47-36/h8-13,22-25,27H,5-7,14-21H2,1-4H3/t27-/m0/s1. The second-order valence-corrected chi connectivity index (χ2v) is 13.3. The van der Waals surface area contributed by atoms with E-state index in [9.17, 15) is 4.79 Å². The van der Waals surface area contributed by atoms with Crippen LogP contribution >= 0.6 is 11.3 Å². The quantitative estimate of drug-likeness (QED) is 0.148. The van der Waals surface area contributed by atoms with Gasteiger partial charge in [0.2, 0.25) is 0 Å². The summed E-state index contributed by atoms with van der Waals surface area (Å²) < 4.78 is 19.0. The minimum Gasteiger partial charge on any atom is -0.494 e. The van der Waals surface area contributed by atoms with Crippen LogP contribution in [0.2, 0.25) is 0 Å². The van der Waals surface area contributed by atoms with Gasteiger partial charge < -0.3 is 28.9 Å². The van der Waals surface area contributed by atoms with Crippen LogP contribution in [0.15, 0.2) is 59.6 Å². The second kappa shape index (κ2) is 15.3. The third-order valence-corrected chi connectivity index (χ3v) is 9.98. The van der Waals surface area contributed by atoms with E-state index in [1.165, 1.54) is 10.3 Å². The zero-order chi connectivity index (χ0) is 32.8. The van der Waals surface area contributed by atoms with E-state index in [1.807, 2.05) is 38.3 Å². The van der Waals surface area contributed by atoms with Crippen molar-refractivity contribution >= 4 is 39.4 Å².